The number of phosphoric acid groups is 2. The topological polar surface area (TPSA) is 237 Å². The van der Waals surface area contributed by atoms with E-state index in [2.05, 4.69) is 41.5 Å². The zero-order chi connectivity index (χ0) is 79.2. The van der Waals surface area contributed by atoms with Crippen LogP contribution in [0.1, 0.15) is 478 Å². The molecule has 0 heterocycles. The predicted molar refractivity (Wildman–Crippen MR) is 446 cm³/mol. The van der Waals surface area contributed by atoms with Gasteiger partial charge in [-0.2, -0.15) is 0 Å². The average molecular weight is 1580 g/mol. The maximum absolute atomic E-state index is 13.2. The molecule has 0 aliphatic rings. The maximum atomic E-state index is 13.2. The van der Waals surface area contributed by atoms with Crippen molar-refractivity contribution in [2.45, 2.75) is 496 Å². The average Bonchev–Trinajstić information content (AvgIpc) is 0.898. The summed E-state index contributed by atoms with van der Waals surface area (Å²) in [5.74, 6) is -0.572. The molecule has 0 amide bonds. The van der Waals surface area contributed by atoms with E-state index in [1.165, 1.54) is 289 Å². The number of unbranched alkanes of at least 4 members (excludes halogenated alkanes) is 58. The highest BCUT2D eigenvalue weighted by Crippen LogP contribution is 2.45. The van der Waals surface area contributed by atoms with Gasteiger partial charge in [-0.3, -0.25) is 37.3 Å². The van der Waals surface area contributed by atoms with Gasteiger partial charge in [0.1, 0.15) is 19.3 Å². The number of rotatable bonds is 88. The van der Waals surface area contributed by atoms with Crippen molar-refractivity contribution in [1.82, 2.24) is 0 Å². The van der Waals surface area contributed by atoms with Gasteiger partial charge < -0.3 is 33.8 Å². The Morgan fingerprint density at radius 1 is 0.250 bits per heavy atom. The van der Waals surface area contributed by atoms with Gasteiger partial charge in [-0.25, -0.2) is 9.13 Å². The van der Waals surface area contributed by atoms with Gasteiger partial charge in [0, 0.05) is 25.7 Å². The fourth-order valence-corrected chi connectivity index (χ4v) is 15.5. The van der Waals surface area contributed by atoms with Gasteiger partial charge in [-0.15, -0.1) is 0 Å². The van der Waals surface area contributed by atoms with E-state index in [0.29, 0.717) is 31.6 Å². The summed E-state index contributed by atoms with van der Waals surface area (Å²) < 4.78 is 68.9. The van der Waals surface area contributed by atoms with E-state index < -0.39 is 97.5 Å². The SMILES string of the molecule is CCCCCCCCCCCCCCCCCCCCCCCCC(=O)O[C@H](COC(=O)CCCCCCCCCCCCCCCCCCCCC(C)C)COP(=O)(O)OC[C@@H](O)COP(=O)(O)OC[C@@H](COC(=O)CCCCCCCCCC(C)C)OC(=O)CCCCCCCCCCCCCCCCC. The van der Waals surface area contributed by atoms with Gasteiger partial charge in [0.05, 0.1) is 26.4 Å². The summed E-state index contributed by atoms with van der Waals surface area (Å²) in [6, 6.07) is 0. The predicted octanol–water partition coefficient (Wildman–Crippen LogP) is 27.4. The van der Waals surface area contributed by atoms with Crippen molar-refractivity contribution in [3.05, 3.63) is 0 Å². The van der Waals surface area contributed by atoms with Gasteiger partial charge in [0.15, 0.2) is 12.2 Å². The first kappa shape index (κ1) is 106. The molecule has 0 radical (unpaired) electrons. The lowest BCUT2D eigenvalue weighted by molar-refractivity contribution is -0.161. The largest absolute Gasteiger partial charge is 0.472 e. The van der Waals surface area contributed by atoms with Crippen molar-refractivity contribution in [3.8, 4) is 0 Å². The van der Waals surface area contributed by atoms with E-state index in [1.807, 2.05) is 0 Å². The van der Waals surface area contributed by atoms with Crippen LogP contribution in [-0.4, -0.2) is 96.7 Å². The molecule has 108 heavy (non-hydrogen) atoms. The Labute approximate surface area is 664 Å². The molecule has 0 aliphatic heterocycles. The Balaban J connectivity index is 5.21. The Kier molecular flexibility index (Phi) is 78.8. The molecule has 5 atom stereocenters. The third kappa shape index (κ3) is 82.1. The number of aliphatic hydroxyl groups is 1. The first-order valence-corrected chi connectivity index (χ1v) is 49.0. The van der Waals surface area contributed by atoms with Crippen LogP contribution in [0.5, 0.6) is 0 Å². The van der Waals surface area contributed by atoms with Gasteiger partial charge >= 0.3 is 39.5 Å². The van der Waals surface area contributed by atoms with Crippen LogP contribution in [0.4, 0.5) is 0 Å². The van der Waals surface area contributed by atoms with Crippen LogP contribution in [0.2, 0.25) is 0 Å². The molecule has 0 aromatic rings. The highest BCUT2D eigenvalue weighted by Gasteiger charge is 2.31. The van der Waals surface area contributed by atoms with Gasteiger partial charge in [0.25, 0.3) is 0 Å². The first-order chi connectivity index (χ1) is 52.4. The monoisotopic (exact) mass is 1580 g/mol. The Bertz CT molecular complexity index is 2060. The molecule has 0 spiro atoms. The summed E-state index contributed by atoms with van der Waals surface area (Å²) in [4.78, 5) is 73.3. The number of ether oxygens (including phenoxy) is 4. The smallest absolute Gasteiger partial charge is 0.462 e. The van der Waals surface area contributed by atoms with E-state index in [4.69, 9.17) is 37.0 Å². The fraction of sp³-hybridized carbons (Fsp3) is 0.955. The molecular formula is C89H174O17P2. The summed E-state index contributed by atoms with van der Waals surface area (Å²) in [5, 5.41) is 10.7. The van der Waals surface area contributed by atoms with Crippen LogP contribution in [0.3, 0.4) is 0 Å². The van der Waals surface area contributed by atoms with Gasteiger partial charge in [-0.05, 0) is 37.5 Å². The molecule has 0 aliphatic carbocycles. The second kappa shape index (κ2) is 80.3. The molecule has 0 bridgehead atoms. The summed E-state index contributed by atoms with van der Waals surface area (Å²) >= 11 is 0. The molecule has 19 heteroatoms. The molecule has 642 valence electrons. The van der Waals surface area contributed by atoms with Gasteiger partial charge in [0.2, 0.25) is 0 Å². The summed E-state index contributed by atoms with van der Waals surface area (Å²) in [6.45, 7) is 9.67. The summed E-state index contributed by atoms with van der Waals surface area (Å²) in [6.07, 6.45) is 73.9. The van der Waals surface area contributed by atoms with Crippen molar-refractivity contribution < 1.29 is 80.2 Å². The van der Waals surface area contributed by atoms with Crippen LogP contribution in [-0.2, 0) is 65.4 Å². The maximum Gasteiger partial charge on any atom is 0.472 e. The minimum atomic E-state index is -4.97. The van der Waals surface area contributed by atoms with Crippen LogP contribution in [0.15, 0.2) is 0 Å². The number of hydrogen-bond donors (Lipinski definition) is 3. The van der Waals surface area contributed by atoms with Crippen molar-refractivity contribution in [2.24, 2.45) is 11.8 Å². The number of carbonyl (C=O) groups excluding carboxylic acids is 4. The molecule has 0 fully saturated rings. The molecule has 0 aromatic heterocycles. The number of esters is 4. The fourth-order valence-electron chi connectivity index (χ4n) is 14.0. The van der Waals surface area contributed by atoms with Gasteiger partial charge in [-0.1, -0.05) is 427 Å². The van der Waals surface area contributed by atoms with Crippen LogP contribution < -0.4 is 0 Å². The van der Waals surface area contributed by atoms with Crippen molar-refractivity contribution in [3.63, 3.8) is 0 Å². The molecule has 17 nitrogen and oxygen atoms in total. The lowest BCUT2D eigenvalue weighted by Gasteiger charge is -2.21. The molecule has 3 N–H and O–H groups in total. The normalized spacial score (nSPS) is 13.8. The highest BCUT2D eigenvalue weighted by atomic mass is 31.2. The Morgan fingerprint density at radius 2 is 0.426 bits per heavy atom. The van der Waals surface area contributed by atoms with E-state index in [-0.39, 0.29) is 25.7 Å². The second-order valence-corrected chi connectivity index (χ2v) is 35.8. The first-order valence-electron chi connectivity index (χ1n) is 46.0. The van der Waals surface area contributed by atoms with E-state index in [0.717, 1.165) is 102 Å². The third-order valence-corrected chi connectivity index (χ3v) is 22.9. The van der Waals surface area contributed by atoms with Crippen LogP contribution in [0.25, 0.3) is 0 Å². The Morgan fingerprint density at radius 3 is 0.630 bits per heavy atom. The van der Waals surface area contributed by atoms with Crippen LogP contribution >= 0.6 is 15.6 Å². The quantitative estimate of drug-likeness (QED) is 0.0222. The lowest BCUT2D eigenvalue weighted by Crippen LogP contribution is -2.30. The zero-order valence-electron chi connectivity index (χ0n) is 71.2. The molecule has 0 saturated heterocycles. The van der Waals surface area contributed by atoms with E-state index in [9.17, 15) is 43.2 Å². The standard InChI is InChI=1S/C89H174O17P2/c1-7-9-11-13-15-17-19-21-23-24-25-26-27-28-33-37-41-45-49-55-62-68-74-88(93)105-84(77-99-86(91)71-65-59-53-47-43-39-36-32-30-29-31-35-38-42-46-51-57-63-69-81(3)4)79-103-107(95,96)101-75-83(90)76-102-108(97,98)104-80-85(78-100-87(92)72-66-60-56-50-52-58-64-70-82(5)6)106-89(94)73-67-61-54-48-44-40-34-22-20-18-16-14-12-10-8-2/h81-85,90H,7-80H2,1-6H3,(H,95,96)(H,97,98)/t83-,84-,85-/m1/s1. The number of hydrogen-bond acceptors (Lipinski definition) is 15. The van der Waals surface area contributed by atoms with Crippen molar-refractivity contribution in [1.29, 1.82) is 0 Å². The number of carbonyl (C=O) groups is 4. The highest BCUT2D eigenvalue weighted by molar-refractivity contribution is 7.47. The minimum Gasteiger partial charge on any atom is -0.462 e. The van der Waals surface area contributed by atoms with E-state index >= 15 is 0 Å². The minimum absolute atomic E-state index is 0.108. The molecule has 0 aromatic carbocycles. The molecule has 0 saturated carbocycles. The second-order valence-electron chi connectivity index (χ2n) is 32.9. The molecular weight excluding hydrogens is 1400 g/mol. The number of aliphatic hydroxyl groups excluding tert-OH is 1. The number of phosphoric ester groups is 2. The lowest BCUT2D eigenvalue weighted by atomic mass is 10.0. The zero-order valence-corrected chi connectivity index (χ0v) is 73.0. The van der Waals surface area contributed by atoms with Crippen molar-refractivity contribution in [2.75, 3.05) is 39.6 Å². The summed E-state index contributed by atoms with van der Waals surface area (Å²) in [7, 11) is -9.93. The van der Waals surface area contributed by atoms with Crippen LogP contribution in [0, 0.1) is 11.8 Å². The van der Waals surface area contributed by atoms with E-state index in [1.54, 1.807) is 0 Å². The molecule has 0 rings (SSSR count). The summed E-state index contributed by atoms with van der Waals surface area (Å²) in [5.41, 5.74) is 0. The molecule has 2 unspecified atom stereocenters. The third-order valence-electron chi connectivity index (χ3n) is 21.0. The Hall–Kier alpha value is -1.94. The van der Waals surface area contributed by atoms with Crippen molar-refractivity contribution >= 4 is 39.5 Å².